The van der Waals surface area contributed by atoms with Gasteiger partial charge in [-0.1, -0.05) is 30.3 Å². The Hall–Kier alpha value is -4.39. The normalized spacial score (nSPS) is 11.0. The first-order valence-electron chi connectivity index (χ1n) is 10.6. The molecule has 0 aliphatic heterocycles. The standard InChI is InChI=1S/C26H23N5O2/c1-30(17-25-27-21-10-6-7-11-22(21)28-25)26(32)23-16-24(18-12-14-20(33-2)15-13-18)31(29-23)19-8-4-3-5-9-19/h3-16H,17H2,1-2H3,(H,27,28). The number of methoxy groups -OCH3 is 1. The summed E-state index contributed by atoms with van der Waals surface area (Å²) < 4.78 is 7.08. The summed E-state index contributed by atoms with van der Waals surface area (Å²) in [6.45, 7) is 0.351. The fourth-order valence-electron chi connectivity index (χ4n) is 3.79. The highest BCUT2D eigenvalue weighted by atomic mass is 16.5. The molecule has 33 heavy (non-hydrogen) atoms. The Kier molecular flexibility index (Phi) is 5.36. The van der Waals surface area contributed by atoms with E-state index in [0.717, 1.165) is 39.6 Å². The molecule has 5 rings (SSSR count). The number of fused-ring (bicyclic) bond motifs is 1. The molecule has 2 aromatic heterocycles. The third-order valence-corrected chi connectivity index (χ3v) is 5.49. The van der Waals surface area contributed by atoms with Gasteiger partial charge in [0, 0.05) is 12.6 Å². The van der Waals surface area contributed by atoms with E-state index in [1.165, 1.54) is 0 Å². The molecule has 0 aliphatic rings. The number of nitrogens with zero attached hydrogens (tertiary/aromatic N) is 4. The van der Waals surface area contributed by atoms with Gasteiger partial charge < -0.3 is 14.6 Å². The number of para-hydroxylation sites is 3. The van der Waals surface area contributed by atoms with Gasteiger partial charge in [0.15, 0.2) is 5.69 Å². The van der Waals surface area contributed by atoms with E-state index in [1.54, 1.807) is 23.7 Å². The maximum atomic E-state index is 13.3. The Bertz CT molecular complexity index is 1370. The highest BCUT2D eigenvalue weighted by molar-refractivity contribution is 5.93. The van der Waals surface area contributed by atoms with Gasteiger partial charge in [-0.25, -0.2) is 9.67 Å². The topological polar surface area (TPSA) is 76.0 Å². The summed E-state index contributed by atoms with van der Waals surface area (Å²) >= 11 is 0. The number of ether oxygens (including phenoxy) is 1. The number of imidazole rings is 1. The maximum Gasteiger partial charge on any atom is 0.274 e. The highest BCUT2D eigenvalue weighted by Gasteiger charge is 2.21. The van der Waals surface area contributed by atoms with E-state index >= 15 is 0 Å². The van der Waals surface area contributed by atoms with E-state index in [9.17, 15) is 4.79 Å². The molecular weight excluding hydrogens is 414 g/mol. The molecule has 164 valence electrons. The summed E-state index contributed by atoms with van der Waals surface area (Å²) in [5.74, 6) is 1.32. The number of hydrogen-bond acceptors (Lipinski definition) is 4. The summed E-state index contributed by atoms with van der Waals surface area (Å²) in [6, 6.07) is 27.1. The lowest BCUT2D eigenvalue weighted by Gasteiger charge is -2.13. The molecule has 0 unspecified atom stereocenters. The van der Waals surface area contributed by atoms with Crippen LogP contribution in [0.4, 0.5) is 0 Å². The first-order valence-corrected chi connectivity index (χ1v) is 10.6. The number of amides is 1. The molecular formula is C26H23N5O2. The summed E-state index contributed by atoms with van der Waals surface area (Å²) in [5, 5.41) is 4.67. The van der Waals surface area contributed by atoms with Crippen molar-refractivity contribution in [3.05, 3.63) is 96.4 Å². The first-order chi connectivity index (χ1) is 16.1. The van der Waals surface area contributed by atoms with Gasteiger partial charge in [-0.3, -0.25) is 4.79 Å². The zero-order chi connectivity index (χ0) is 22.8. The fraction of sp³-hybridized carbons (Fsp3) is 0.115. The number of rotatable bonds is 6. The van der Waals surface area contributed by atoms with Gasteiger partial charge in [0.25, 0.3) is 5.91 Å². The molecule has 7 heteroatoms. The van der Waals surface area contributed by atoms with Gasteiger partial charge in [0.05, 0.1) is 36.1 Å². The molecule has 3 aromatic carbocycles. The molecule has 0 fully saturated rings. The first kappa shape index (κ1) is 20.5. The van der Waals surface area contributed by atoms with Crippen LogP contribution in [0.15, 0.2) is 84.9 Å². The molecule has 1 amide bonds. The van der Waals surface area contributed by atoms with E-state index in [1.807, 2.05) is 84.9 Å². The zero-order valence-corrected chi connectivity index (χ0v) is 18.4. The van der Waals surface area contributed by atoms with E-state index in [-0.39, 0.29) is 5.91 Å². The number of benzene rings is 3. The highest BCUT2D eigenvalue weighted by Crippen LogP contribution is 2.26. The fourth-order valence-corrected chi connectivity index (χ4v) is 3.79. The minimum atomic E-state index is -0.181. The van der Waals surface area contributed by atoms with Crippen molar-refractivity contribution < 1.29 is 9.53 Å². The number of aromatic nitrogens is 4. The van der Waals surface area contributed by atoms with Crippen LogP contribution in [0.5, 0.6) is 5.75 Å². The number of carbonyl (C=O) groups excluding carboxylic acids is 1. The van der Waals surface area contributed by atoms with Gasteiger partial charge >= 0.3 is 0 Å². The Morgan fingerprint density at radius 3 is 2.45 bits per heavy atom. The van der Waals surface area contributed by atoms with Crippen molar-refractivity contribution in [3.63, 3.8) is 0 Å². The third-order valence-electron chi connectivity index (χ3n) is 5.49. The molecule has 0 saturated carbocycles. The number of carbonyl (C=O) groups is 1. The molecule has 5 aromatic rings. The summed E-state index contributed by atoms with van der Waals surface area (Å²) in [7, 11) is 3.39. The van der Waals surface area contributed by atoms with Crippen LogP contribution in [0.3, 0.4) is 0 Å². The molecule has 0 radical (unpaired) electrons. The predicted molar refractivity (Wildman–Crippen MR) is 127 cm³/mol. The summed E-state index contributed by atoms with van der Waals surface area (Å²) in [4.78, 5) is 22.7. The monoisotopic (exact) mass is 437 g/mol. The molecule has 7 nitrogen and oxygen atoms in total. The number of nitrogens with one attached hydrogen (secondary N) is 1. The van der Waals surface area contributed by atoms with Gasteiger partial charge in [-0.2, -0.15) is 5.10 Å². The van der Waals surface area contributed by atoms with Crippen molar-refractivity contribution in [2.24, 2.45) is 0 Å². The van der Waals surface area contributed by atoms with Crippen molar-refractivity contribution >= 4 is 16.9 Å². The largest absolute Gasteiger partial charge is 0.497 e. The average Bonchev–Trinajstić information content (AvgIpc) is 3.48. The SMILES string of the molecule is COc1ccc(-c2cc(C(=O)N(C)Cc3nc4ccccc4[nH]3)nn2-c2ccccc2)cc1. The Morgan fingerprint density at radius 1 is 1.00 bits per heavy atom. The van der Waals surface area contributed by atoms with Crippen LogP contribution in [0.25, 0.3) is 28.0 Å². The van der Waals surface area contributed by atoms with E-state index in [4.69, 9.17) is 4.74 Å². The molecule has 0 bridgehead atoms. The van der Waals surface area contributed by atoms with Crippen molar-refractivity contribution in [2.75, 3.05) is 14.2 Å². The van der Waals surface area contributed by atoms with Crippen LogP contribution in [0.2, 0.25) is 0 Å². The maximum absolute atomic E-state index is 13.3. The Morgan fingerprint density at radius 2 is 1.73 bits per heavy atom. The Labute approximate surface area is 191 Å². The molecule has 1 N–H and O–H groups in total. The van der Waals surface area contributed by atoms with Gasteiger partial charge in [-0.05, 0) is 54.6 Å². The van der Waals surface area contributed by atoms with Gasteiger partial charge in [0.1, 0.15) is 11.6 Å². The Balaban J connectivity index is 1.47. The quantitative estimate of drug-likeness (QED) is 0.418. The average molecular weight is 438 g/mol. The van der Waals surface area contributed by atoms with E-state index < -0.39 is 0 Å². The van der Waals surface area contributed by atoms with Crippen molar-refractivity contribution in [2.45, 2.75) is 6.54 Å². The number of aromatic amines is 1. The number of H-pyrrole nitrogens is 1. The van der Waals surface area contributed by atoms with Gasteiger partial charge in [0.2, 0.25) is 0 Å². The van der Waals surface area contributed by atoms with Gasteiger partial charge in [-0.15, -0.1) is 0 Å². The second-order valence-electron chi connectivity index (χ2n) is 7.75. The lowest BCUT2D eigenvalue weighted by atomic mass is 10.1. The molecule has 0 saturated heterocycles. The van der Waals surface area contributed by atoms with Crippen LogP contribution in [-0.4, -0.2) is 44.7 Å². The lowest BCUT2D eigenvalue weighted by Crippen LogP contribution is -2.27. The van der Waals surface area contributed by atoms with Crippen LogP contribution >= 0.6 is 0 Å². The number of hydrogen-bond donors (Lipinski definition) is 1. The smallest absolute Gasteiger partial charge is 0.274 e. The lowest BCUT2D eigenvalue weighted by molar-refractivity contribution is 0.0775. The van der Waals surface area contributed by atoms with Crippen molar-refractivity contribution in [1.29, 1.82) is 0 Å². The van der Waals surface area contributed by atoms with Crippen LogP contribution in [-0.2, 0) is 6.54 Å². The third kappa shape index (κ3) is 4.08. The van der Waals surface area contributed by atoms with E-state index in [2.05, 4.69) is 15.1 Å². The summed E-state index contributed by atoms with van der Waals surface area (Å²) in [6.07, 6.45) is 0. The second-order valence-corrected chi connectivity index (χ2v) is 7.75. The summed E-state index contributed by atoms with van der Waals surface area (Å²) in [5.41, 5.74) is 4.83. The molecule has 0 atom stereocenters. The minimum Gasteiger partial charge on any atom is -0.497 e. The second kappa shape index (κ2) is 8.63. The van der Waals surface area contributed by atoms with Crippen LogP contribution in [0.1, 0.15) is 16.3 Å². The van der Waals surface area contributed by atoms with Crippen molar-refractivity contribution in [3.8, 4) is 22.7 Å². The minimum absolute atomic E-state index is 0.181. The molecule has 0 spiro atoms. The van der Waals surface area contributed by atoms with E-state index in [0.29, 0.717) is 12.2 Å². The molecule has 2 heterocycles. The van der Waals surface area contributed by atoms with Crippen LogP contribution in [0, 0.1) is 0 Å². The van der Waals surface area contributed by atoms with Crippen molar-refractivity contribution in [1.82, 2.24) is 24.6 Å². The van der Waals surface area contributed by atoms with Crippen LogP contribution < -0.4 is 4.74 Å². The zero-order valence-electron chi connectivity index (χ0n) is 18.4. The molecule has 0 aliphatic carbocycles. The predicted octanol–water partition coefficient (Wildman–Crippen LogP) is 4.70.